The van der Waals surface area contributed by atoms with Crippen LogP contribution in [0.1, 0.15) is 0 Å². The van der Waals surface area contributed by atoms with Crippen LogP contribution in [0.4, 0.5) is 11.4 Å². The second-order valence-corrected chi connectivity index (χ2v) is 4.38. The third-order valence-corrected chi connectivity index (χ3v) is 3.05. The van der Waals surface area contributed by atoms with E-state index in [0.29, 0.717) is 28.1 Å². The Balaban J connectivity index is 2.14. The van der Waals surface area contributed by atoms with Crippen LogP contribution >= 0.6 is 0 Å². The van der Waals surface area contributed by atoms with E-state index >= 15 is 0 Å². The summed E-state index contributed by atoms with van der Waals surface area (Å²) in [7, 11) is 0. The maximum atomic E-state index is 11.1. The lowest BCUT2D eigenvalue weighted by atomic mass is 10.1. The van der Waals surface area contributed by atoms with Crippen LogP contribution < -0.4 is 10.5 Å². The second kappa shape index (κ2) is 5.09. The van der Waals surface area contributed by atoms with Crippen LogP contribution in [0.2, 0.25) is 0 Å². The van der Waals surface area contributed by atoms with E-state index < -0.39 is 4.92 Å². The number of para-hydroxylation sites is 2. The van der Waals surface area contributed by atoms with Gasteiger partial charge in [-0.05, 0) is 30.3 Å². The quantitative estimate of drug-likeness (QED) is 0.450. The molecule has 1 heterocycles. The summed E-state index contributed by atoms with van der Waals surface area (Å²) in [6.07, 6.45) is 1.56. The zero-order valence-electron chi connectivity index (χ0n) is 10.9. The summed E-state index contributed by atoms with van der Waals surface area (Å²) < 4.78 is 5.75. The van der Waals surface area contributed by atoms with Crippen LogP contribution in [-0.4, -0.2) is 9.91 Å². The molecular formula is C15H11N3O3. The fourth-order valence-corrected chi connectivity index (χ4v) is 2.07. The number of nitro groups is 1. The van der Waals surface area contributed by atoms with Gasteiger partial charge in [0.1, 0.15) is 11.3 Å². The van der Waals surface area contributed by atoms with Crippen molar-refractivity contribution in [2.24, 2.45) is 0 Å². The van der Waals surface area contributed by atoms with Gasteiger partial charge in [0.2, 0.25) is 0 Å². The first-order valence-corrected chi connectivity index (χ1v) is 6.21. The molecule has 21 heavy (non-hydrogen) atoms. The molecule has 0 radical (unpaired) electrons. The average molecular weight is 281 g/mol. The molecule has 6 nitrogen and oxygen atoms in total. The summed E-state index contributed by atoms with van der Waals surface area (Å²) >= 11 is 0. The lowest BCUT2D eigenvalue weighted by Gasteiger charge is -2.10. The molecule has 0 saturated carbocycles. The molecule has 0 spiro atoms. The largest absolute Gasteiger partial charge is 0.453 e. The zero-order valence-corrected chi connectivity index (χ0v) is 10.9. The first kappa shape index (κ1) is 12.9. The zero-order chi connectivity index (χ0) is 14.8. The first-order chi connectivity index (χ1) is 10.2. The lowest BCUT2D eigenvalue weighted by Crippen LogP contribution is -1.95. The highest BCUT2D eigenvalue weighted by atomic mass is 16.6. The number of pyridine rings is 1. The monoisotopic (exact) mass is 281 g/mol. The minimum absolute atomic E-state index is 0.00789. The molecule has 0 bridgehead atoms. The highest BCUT2D eigenvalue weighted by molar-refractivity contribution is 5.92. The fourth-order valence-electron chi connectivity index (χ4n) is 2.07. The number of nitrogens with zero attached hydrogens (tertiary/aromatic N) is 2. The summed E-state index contributed by atoms with van der Waals surface area (Å²) in [4.78, 5) is 14.8. The molecule has 0 fully saturated rings. The number of rotatable bonds is 3. The van der Waals surface area contributed by atoms with E-state index in [1.54, 1.807) is 42.6 Å². The Kier molecular flexibility index (Phi) is 3.12. The molecule has 0 aliphatic heterocycles. The van der Waals surface area contributed by atoms with Crippen LogP contribution in [0, 0.1) is 10.1 Å². The number of nitro benzene ring substituents is 1. The number of ether oxygens (including phenoxy) is 1. The van der Waals surface area contributed by atoms with Gasteiger partial charge in [-0.3, -0.25) is 15.1 Å². The van der Waals surface area contributed by atoms with Crippen LogP contribution in [0.25, 0.3) is 10.9 Å². The van der Waals surface area contributed by atoms with Gasteiger partial charge in [0.25, 0.3) is 5.69 Å². The summed E-state index contributed by atoms with van der Waals surface area (Å²) in [5.74, 6) is 0.910. The third-order valence-electron chi connectivity index (χ3n) is 3.05. The summed E-state index contributed by atoms with van der Waals surface area (Å²) in [5, 5.41) is 11.5. The summed E-state index contributed by atoms with van der Waals surface area (Å²) in [6, 6.07) is 13.3. The Morgan fingerprint density at radius 3 is 2.62 bits per heavy atom. The molecule has 0 unspecified atom stereocenters. The molecular weight excluding hydrogens is 270 g/mol. The van der Waals surface area contributed by atoms with E-state index in [4.69, 9.17) is 10.5 Å². The van der Waals surface area contributed by atoms with E-state index in [9.17, 15) is 10.1 Å². The first-order valence-electron chi connectivity index (χ1n) is 6.21. The molecule has 0 atom stereocenters. The van der Waals surface area contributed by atoms with Crippen molar-refractivity contribution in [1.29, 1.82) is 0 Å². The smallest absolute Gasteiger partial charge is 0.279 e. The summed E-state index contributed by atoms with van der Waals surface area (Å²) in [6.45, 7) is 0. The van der Waals surface area contributed by atoms with Gasteiger partial charge in [-0.2, -0.15) is 0 Å². The Morgan fingerprint density at radius 1 is 1.05 bits per heavy atom. The molecule has 0 aliphatic rings. The Morgan fingerprint density at radius 2 is 1.86 bits per heavy atom. The molecule has 3 aromatic rings. The van der Waals surface area contributed by atoms with Crippen molar-refractivity contribution >= 4 is 22.3 Å². The van der Waals surface area contributed by atoms with Crippen molar-refractivity contribution in [3.63, 3.8) is 0 Å². The molecule has 104 valence electrons. The summed E-state index contributed by atoms with van der Waals surface area (Å²) in [5.41, 5.74) is 6.74. The van der Waals surface area contributed by atoms with Crippen LogP contribution in [0.3, 0.4) is 0 Å². The number of aromatic nitrogens is 1. The van der Waals surface area contributed by atoms with Gasteiger partial charge >= 0.3 is 0 Å². The highest BCUT2D eigenvalue weighted by Crippen LogP contribution is 2.35. The van der Waals surface area contributed by atoms with Crippen molar-refractivity contribution in [2.75, 3.05) is 5.73 Å². The number of nitrogen functional groups attached to an aromatic ring is 1. The maximum absolute atomic E-state index is 11.1. The number of benzene rings is 2. The minimum atomic E-state index is -0.440. The highest BCUT2D eigenvalue weighted by Gasteiger charge is 2.16. The molecule has 3 rings (SSSR count). The van der Waals surface area contributed by atoms with E-state index in [0.717, 1.165) is 0 Å². The van der Waals surface area contributed by atoms with Crippen LogP contribution in [0.5, 0.6) is 11.5 Å². The molecule has 0 saturated heterocycles. The third kappa shape index (κ3) is 2.34. The number of non-ortho nitro benzene ring substituents is 1. The molecule has 6 heteroatoms. The van der Waals surface area contributed by atoms with Gasteiger partial charge in [-0.25, -0.2) is 0 Å². The predicted molar refractivity (Wildman–Crippen MR) is 79.3 cm³/mol. The van der Waals surface area contributed by atoms with E-state index in [1.807, 2.05) is 0 Å². The standard InChI is InChI=1S/C15H11N3O3/c16-11-5-1-2-6-13(11)21-14-8-7-12(18(19)20)10-4-3-9-17-15(10)14/h1-9H,16H2. The van der Waals surface area contributed by atoms with Crippen molar-refractivity contribution in [1.82, 2.24) is 4.98 Å². The van der Waals surface area contributed by atoms with Crippen molar-refractivity contribution < 1.29 is 9.66 Å². The minimum Gasteiger partial charge on any atom is -0.453 e. The average Bonchev–Trinajstić information content (AvgIpc) is 2.49. The molecule has 0 aliphatic carbocycles. The van der Waals surface area contributed by atoms with Crippen LogP contribution in [-0.2, 0) is 0 Å². The van der Waals surface area contributed by atoms with Crippen molar-refractivity contribution in [3.8, 4) is 11.5 Å². The maximum Gasteiger partial charge on any atom is 0.279 e. The SMILES string of the molecule is Nc1ccccc1Oc1ccc([N+](=O)[O-])c2cccnc12. The van der Waals surface area contributed by atoms with E-state index in [1.165, 1.54) is 12.1 Å². The Labute approximate surface area is 119 Å². The van der Waals surface area contributed by atoms with Gasteiger partial charge in [-0.1, -0.05) is 12.1 Å². The molecule has 0 amide bonds. The van der Waals surface area contributed by atoms with E-state index in [2.05, 4.69) is 4.98 Å². The molecule has 2 aromatic carbocycles. The second-order valence-electron chi connectivity index (χ2n) is 4.38. The number of fused-ring (bicyclic) bond motifs is 1. The van der Waals surface area contributed by atoms with Crippen molar-refractivity contribution in [2.45, 2.75) is 0 Å². The predicted octanol–water partition coefficient (Wildman–Crippen LogP) is 3.52. The van der Waals surface area contributed by atoms with Gasteiger partial charge in [-0.15, -0.1) is 0 Å². The van der Waals surface area contributed by atoms with Crippen LogP contribution in [0.15, 0.2) is 54.7 Å². The molecule has 2 N–H and O–H groups in total. The van der Waals surface area contributed by atoms with Gasteiger partial charge < -0.3 is 10.5 Å². The van der Waals surface area contributed by atoms with Gasteiger partial charge in [0.15, 0.2) is 5.75 Å². The Hall–Kier alpha value is -3.15. The number of nitrogens with two attached hydrogens (primary N) is 1. The van der Waals surface area contributed by atoms with Crippen molar-refractivity contribution in [3.05, 3.63) is 64.8 Å². The van der Waals surface area contributed by atoms with E-state index in [-0.39, 0.29) is 5.69 Å². The number of anilines is 1. The van der Waals surface area contributed by atoms with Gasteiger partial charge in [0.05, 0.1) is 16.0 Å². The van der Waals surface area contributed by atoms with Gasteiger partial charge in [0, 0.05) is 12.3 Å². The fraction of sp³-hybridized carbons (Fsp3) is 0. The Bertz CT molecular complexity index is 833. The number of hydrogen-bond donors (Lipinski definition) is 1. The normalized spacial score (nSPS) is 10.5. The molecule has 1 aromatic heterocycles. The lowest BCUT2D eigenvalue weighted by molar-refractivity contribution is -0.383. The topological polar surface area (TPSA) is 91.3 Å². The number of hydrogen-bond acceptors (Lipinski definition) is 5.